The molecule has 0 aliphatic carbocycles. The zero-order chi connectivity index (χ0) is 15.4. The molecule has 1 N–H and O–H groups in total. The molecule has 0 aromatic heterocycles. The Hall–Kier alpha value is -1.78. The van der Waals surface area contributed by atoms with Crippen molar-refractivity contribution in [3.05, 3.63) is 63.4 Å². The van der Waals surface area contributed by atoms with Gasteiger partial charge in [0.2, 0.25) is 0 Å². The molecule has 0 saturated heterocycles. The normalized spacial score (nSPS) is 10.3. The summed E-state index contributed by atoms with van der Waals surface area (Å²) in [6, 6.07) is 9.47. The second-order valence-corrected chi connectivity index (χ2v) is 5.10. The Morgan fingerprint density at radius 1 is 1.19 bits per heavy atom. The Morgan fingerprint density at radius 3 is 2.57 bits per heavy atom. The number of carbonyl (C=O) groups is 1. The number of halogens is 3. The highest BCUT2D eigenvalue weighted by Crippen LogP contribution is 2.25. The molecule has 0 unspecified atom stereocenters. The summed E-state index contributed by atoms with van der Waals surface area (Å²) in [4.78, 5) is 11.3. The van der Waals surface area contributed by atoms with Gasteiger partial charge in [-0.2, -0.15) is 0 Å². The van der Waals surface area contributed by atoms with E-state index in [0.29, 0.717) is 22.2 Å². The Balaban J connectivity index is 2.08. The fourth-order valence-corrected chi connectivity index (χ4v) is 2.05. The predicted molar refractivity (Wildman–Crippen MR) is 81.5 cm³/mol. The Bertz CT molecular complexity index is 677. The first-order valence-corrected chi connectivity index (χ1v) is 6.82. The van der Waals surface area contributed by atoms with Gasteiger partial charge in [0, 0.05) is 12.2 Å². The second kappa shape index (κ2) is 6.78. The average Bonchev–Trinajstić information content (AvgIpc) is 2.48. The van der Waals surface area contributed by atoms with Crippen molar-refractivity contribution >= 4 is 34.9 Å². The quantitative estimate of drug-likeness (QED) is 0.838. The molecule has 0 atom stereocenters. The van der Waals surface area contributed by atoms with Crippen molar-refractivity contribution in [2.75, 3.05) is 12.4 Å². The van der Waals surface area contributed by atoms with Gasteiger partial charge in [-0.1, -0.05) is 29.3 Å². The number of methoxy groups -OCH3 is 1. The van der Waals surface area contributed by atoms with Crippen molar-refractivity contribution in [2.45, 2.75) is 6.54 Å². The van der Waals surface area contributed by atoms with Gasteiger partial charge in [-0.25, -0.2) is 9.18 Å². The zero-order valence-corrected chi connectivity index (χ0v) is 12.6. The van der Waals surface area contributed by atoms with E-state index < -0.39 is 11.8 Å². The third-order valence-corrected chi connectivity index (χ3v) is 3.59. The van der Waals surface area contributed by atoms with Gasteiger partial charge in [0.15, 0.2) is 0 Å². The molecule has 0 spiro atoms. The van der Waals surface area contributed by atoms with Gasteiger partial charge in [0.1, 0.15) is 5.82 Å². The van der Waals surface area contributed by atoms with Crippen molar-refractivity contribution in [2.24, 2.45) is 0 Å². The van der Waals surface area contributed by atoms with Gasteiger partial charge in [0.05, 0.1) is 22.7 Å². The first kappa shape index (κ1) is 15.6. The van der Waals surface area contributed by atoms with E-state index in [1.807, 2.05) is 0 Å². The van der Waals surface area contributed by atoms with E-state index in [1.54, 1.807) is 24.3 Å². The van der Waals surface area contributed by atoms with Crippen molar-refractivity contribution < 1.29 is 13.9 Å². The molecule has 2 aromatic rings. The molecule has 6 heteroatoms. The summed E-state index contributed by atoms with van der Waals surface area (Å²) in [5, 5.41) is 4.00. The third-order valence-electron chi connectivity index (χ3n) is 2.86. The van der Waals surface area contributed by atoms with Crippen molar-refractivity contribution in [3.63, 3.8) is 0 Å². The Kier molecular flexibility index (Phi) is 5.04. The van der Waals surface area contributed by atoms with Crippen molar-refractivity contribution in [3.8, 4) is 0 Å². The summed E-state index contributed by atoms with van der Waals surface area (Å²) in [5.41, 5.74) is 1.36. The molecule has 2 aromatic carbocycles. The van der Waals surface area contributed by atoms with Gasteiger partial charge in [-0.15, -0.1) is 0 Å². The van der Waals surface area contributed by atoms with Crippen LogP contribution in [0, 0.1) is 5.82 Å². The van der Waals surface area contributed by atoms with E-state index in [2.05, 4.69) is 10.1 Å². The molecule has 110 valence electrons. The van der Waals surface area contributed by atoms with Crippen LogP contribution in [0.25, 0.3) is 0 Å². The first-order valence-electron chi connectivity index (χ1n) is 6.07. The number of nitrogens with one attached hydrogen (secondary N) is 1. The van der Waals surface area contributed by atoms with Crippen LogP contribution >= 0.6 is 23.2 Å². The standard InChI is InChI=1S/C15H12Cl2FNO2/c1-21-15(20)11-4-2-9(6-14(11)18)8-19-10-3-5-12(16)13(17)7-10/h2-7,19H,8H2,1H3. The highest BCUT2D eigenvalue weighted by molar-refractivity contribution is 6.42. The van der Waals surface area contributed by atoms with Gasteiger partial charge >= 0.3 is 5.97 Å². The third kappa shape index (κ3) is 3.86. The fraction of sp³-hybridized carbons (Fsp3) is 0.133. The minimum atomic E-state index is -0.698. The van der Waals surface area contributed by atoms with Crippen LogP contribution in [0.5, 0.6) is 0 Å². The number of ether oxygens (including phenoxy) is 1. The highest BCUT2D eigenvalue weighted by atomic mass is 35.5. The summed E-state index contributed by atoms with van der Waals surface area (Å²) in [6.45, 7) is 0.385. The molecule has 3 nitrogen and oxygen atoms in total. The van der Waals surface area contributed by atoms with E-state index in [4.69, 9.17) is 23.2 Å². The van der Waals surface area contributed by atoms with Crippen LogP contribution in [-0.2, 0) is 11.3 Å². The predicted octanol–water partition coefficient (Wildman–Crippen LogP) is 4.53. The van der Waals surface area contributed by atoms with Crippen LogP contribution < -0.4 is 5.32 Å². The van der Waals surface area contributed by atoms with Gasteiger partial charge in [-0.3, -0.25) is 0 Å². The number of benzene rings is 2. The smallest absolute Gasteiger partial charge is 0.340 e. The lowest BCUT2D eigenvalue weighted by atomic mass is 10.1. The topological polar surface area (TPSA) is 38.3 Å². The van der Waals surface area contributed by atoms with E-state index in [0.717, 1.165) is 5.69 Å². The van der Waals surface area contributed by atoms with Gasteiger partial charge < -0.3 is 10.1 Å². The van der Waals surface area contributed by atoms with Crippen molar-refractivity contribution in [1.82, 2.24) is 0 Å². The summed E-state index contributed by atoms with van der Waals surface area (Å²) in [6.07, 6.45) is 0. The van der Waals surface area contributed by atoms with Gasteiger partial charge in [-0.05, 0) is 35.9 Å². The number of carbonyl (C=O) groups excluding carboxylic acids is 1. The molecule has 0 radical (unpaired) electrons. The molecule has 0 amide bonds. The number of hydrogen-bond donors (Lipinski definition) is 1. The summed E-state index contributed by atoms with van der Waals surface area (Å²) >= 11 is 11.7. The molecule has 0 saturated carbocycles. The van der Waals surface area contributed by atoms with Crippen LogP contribution in [0.3, 0.4) is 0 Å². The van der Waals surface area contributed by atoms with Gasteiger partial charge in [0.25, 0.3) is 0 Å². The van der Waals surface area contributed by atoms with Crippen LogP contribution in [0.4, 0.5) is 10.1 Å². The number of rotatable bonds is 4. The zero-order valence-electron chi connectivity index (χ0n) is 11.1. The van der Waals surface area contributed by atoms with Crippen LogP contribution in [-0.4, -0.2) is 13.1 Å². The monoisotopic (exact) mass is 327 g/mol. The molecular weight excluding hydrogens is 316 g/mol. The summed E-state index contributed by atoms with van der Waals surface area (Å²) in [7, 11) is 1.21. The lowest BCUT2D eigenvalue weighted by Crippen LogP contribution is -2.06. The largest absolute Gasteiger partial charge is 0.465 e. The second-order valence-electron chi connectivity index (χ2n) is 4.29. The Labute approximate surface area is 131 Å². The summed E-state index contributed by atoms with van der Waals surface area (Å²) < 4.78 is 18.3. The van der Waals surface area contributed by atoms with E-state index in [1.165, 1.54) is 19.2 Å². The van der Waals surface area contributed by atoms with Crippen LogP contribution in [0.2, 0.25) is 10.0 Å². The number of anilines is 1. The number of esters is 1. The maximum atomic E-state index is 13.8. The maximum Gasteiger partial charge on any atom is 0.340 e. The Morgan fingerprint density at radius 2 is 1.95 bits per heavy atom. The van der Waals surface area contributed by atoms with E-state index in [-0.39, 0.29) is 5.56 Å². The molecular formula is C15H12Cl2FNO2. The molecule has 21 heavy (non-hydrogen) atoms. The maximum absolute atomic E-state index is 13.8. The SMILES string of the molecule is COC(=O)c1ccc(CNc2ccc(Cl)c(Cl)c2)cc1F. The molecule has 0 bridgehead atoms. The summed E-state index contributed by atoms with van der Waals surface area (Å²) in [5.74, 6) is -1.31. The average molecular weight is 328 g/mol. The minimum absolute atomic E-state index is 0.0872. The molecule has 0 aliphatic heterocycles. The molecule has 0 aliphatic rings. The molecule has 2 rings (SSSR count). The minimum Gasteiger partial charge on any atom is -0.465 e. The first-order chi connectivity index (χ1) is 10.0. The molecule has 0 fully saturated rings. The molecule has 0 heterocycles. The van der Waals surface area contributed by atoms with E-state index >= 15 is 0 Å². The van der Waals surface area contributed by atoms with E-state index in [9.17, 15) is 9.18 Å². The highest BCUT2D eigenvalue weighted by Gasteiger charge is 2.12. The lowest BCUT2D eigenvalue weighted by molar-refractivity contribution is 0.0595. The number of hydrogen-bond acceptors (Lipinski definition) is 3. The van der Waals surface area contributed by atoms with Crippen LogP contribution in [0.1, 0.15) is 15.9 Å². The van der Waals surface area contributed by atoms with Crippen molar-refractivity contribution in [1.29, 1.82) is 0 Å². The fourth-order valence-electron chi connectivity index (χ4n) is 1.75. The van der Waals surface area contributed by atoms with Crippen LogP contribution in [0.15, 0.2) is 36.4 Å². The lowest BCUT2D eigenvalue weighted by Gasteiger charge is -2.09.